The Balaban J connectivity index is 2.05. The molecule has 4 nitrogen and oxygen atoms in total. The summed E-state index contributed by atoms with van der Waals surface area (Å²) in [6, 6.07) is 8.96. The number of aliphatic hydroxyl groups is 1. The van der Waals surface area contributed by atoms with Crippen molar-refractivity contribution in [2.24, 2.45) is 11.3 Å². The fourth-order valence-electron chi connectivity index (χ4n) is 3.42. The van der Waals surface area contributed by atoms with E-state index in [1.807, 2.05) is 13.0 Å². The third-order valence-electron chi connectivity index (χ3n) is 4.46. The Morgan fingerprint density at radius 3 is 2.58 bits per heavy atom. The molecule has 1 heterocycles. The number of fused-ring (bicyclic) bond motifs is 1. The SMILES string of the molecule is C[C@]12CCC[C@@H](O)[C@H]1C(=O)N(c1ccccc1)C2=O. The molecule has 1 saturated carbocycles. The monoisotopic (exact) mass is 259 g/mol. The second-order valence-electron chi connectivity index (χ2n) is 5.67. The summed E-state index contributed by atoms with van der Waals surface area (Å²) in [4.78, 5) is 26.4. The molecular formula is C15H17NO3. The number of carbonyl (C=O) groups excluding carboxylic acids is 2. The van der Waals surface area contributed by atoms with Gasteiger partial charge in [-0.05, 0) is 38.3 Å². The average molecular weight is 259 g/mol. The van der Waals surface area contributed by atoms with Crippen molar-refractivity contribution in [3.05, 3.63) is 30.3 Å². The van der Waals surface area contributed by atoms with E-state index in [0.29, 0.717) is 18.5 Å². The minimum atomic E-state index is -0.745. The molecule has 100 valence electrons. The zero-order valence-corrected chi connectivity index (χ0v) is 10.9. The fraction of sp³-hybridized carbons (Fsp3) is 0.467. The van der Waals surface area contributed by atoms with Crippen molar-refractivity contribution >= 4 is 17.5 Å². The van der Waals surface area contributed by atoms with Crippen LogP contribution < -0.4 is 4.90 Å². The maximum absolute atomic E-state index is 12.6. The number of amides is 2. The van der Waals surface area contributed by atoms with E-state index >= 15 is 0 Å². The molecule has 1 aromatic carbocycles. The zero-order valence-electron chi connectivity index (χ0n) is 10.9. The number of para-hydroxylation sites is 1. The number of hydrogen-bond acceptors (Lipinski definition) is 3. The van der Waals surface area contributed by atoms with Crippen LogP contribution in [-0.2, 0) is 9.59 Å². The molecule has 1 aliphatic heterocycles. The van der Waals surface area contributed by atoms with Gasteiger partial charge in [0.15, 0.2) is 0 Å². The second kappa shape index (κ2) is 4.17. The molecule has 4 heteroatoms. The van der Waals surface area contributed by atoms with E-state index in [1.54, 1.807) is 24.3 Å². The molecule has 1 aliphatic carbocycles. The van der Waals surface area contributed by atoms with Crippen LogP contribution in [0.4, 0.5) is 5.69 Å². The van der Waals surface area contributed by atoms with Gasteiger partial charge < -0.3 is 5.11 Å². The molecule has 1 N–H and O–H groups in total. The molecular weight excluding hydrogens is 242 g/mol. The molecule has 0 radical (unpaired) electrons. The molecule has 2 fully saturated rings. The van der Waals surface area contributed by atoms with E-state index in [0.717, 1.165) is 6.42 Å². The highest BCUT2D eigenvalue weighted by Crippen LogP contribution is 2.49. The molecule has 0 bridgehead atoms. The van der Waals surface area contributed by atoms with E-state index in [-0.39, 0.29) is 11.8 Å². The second-order valence-corrected chi connectivity index (χ2v) is 5.67. The van der Waals surface area contributed by atoms with Crippen LogP contribution in [0, 0.1) is 11.3 Å². The van der Waals surface area contributed by atoms with E-state index in [9.17, 15) is 14.7 Å². The van der Waals surface area contributed by atoms with Crippen LogP contribution in [0.3, 0.4) is 0 Å². The summed E-state index contributed by atoms with van der Waals surface area (Å²) in [5.74, 6) is -1.02. The van der Waals surface area contributed by atoms with E-state index < -0.39 is 17.4 Å². The summed E-state index contributed by atoms with van der Waals surface area (Å²) in [5.41, 5.74) is -0.148. The van der Waals surface area contributed by atoms with Crippen LogP contribution in [-0.4, -0.2) is 23.0 Å². The van der Waals surface area contributed by atoms with Crippen LogP contribution in [0.5, 0.6) is 0 Å². The van der Waals surface area contributed by atoms with Crippen LogP contribution >= 0.6 is 0 Å². The molecule has 2 amide bonds. The van der Waals surface area contributed by atoms with Crippen molar-refractivity contribution in [3.8, 4) is 0 Å². The Labute approximate surface area is 112 Å². The molecule has 3 atom stereocenters. The largest absolute Gasteiger partial charge is 0.392 e. The first kappa shape index (κ1) is 12.4. The van der Waals surface area contributed by atoms with Gasteiger partial charge in [-0.25, -0.2) is 4.90 Å². The van der Waals surface area contributed by atoms with Crippen molar-refractivity contribution in [2.45, 2.75) is 32.3 Å². The Hall–Kier alpha value is -1.68. The van der Waals surface area contributed by atoms with Crippen LogP contribution in [0.2, 0.25) is 0 Å². The van der Waals surface area contributed by atoms with Gasteiger partial charge in [-0.3, -0.25) is 9.59 Å². The minimum Gasteiger partial charge on any atom is -0.392 e. The summed E-state index contributed by atoms with van der Waals surface area (Å²) < 4.78 is 0. The molecule has 3 rings (SSSR count). The van der Waals surface area contributed by atoms with Gasteiger partial charge in [-0.2, -0.15) is 0 Å². The molecule has 1 saturated heterocycles. The van der Waals surface area contributed by atoms with Gasteiger partial charge in [0.1, 0.15) is 0 Å². The summed E-state index contributed by atoms with van der Waals surface area (Å²) in [6.45, 7) is 1.81. The Morgan fingerprint density at radius 1 is 1.26 bits per heavy atom. The number of anilines is 1. The summed E-state index contributed by atoms with van der Waals surface area (Å²) in [5, 5.41) is 10.1. The maximum atomic E-state index is 12.6. The average Bonchev–Trinajstić information content (AvgIpc) is 2.59. The number of imide groups is 1. The molecule has 0 unspecified atom stereocenters. The highest BCUT2D eigenvalue weighted by atomic mass is 16.3. The molecule has 1 aromatic rings. The summed E-state index contributed by atoms with van der Waals surface area (Å²) >= 11 is 0. The van der Waals surface area contributed by atoms with Crippen LogP contribution in [0.1, 0.15) is 26.2 Å². The smallest absolute Gasteiger partial charge is 0.240 e. The van der Waals surface area contributed by atoms with Crippen molar-refractivity contribution in [2.75, 3.05) is 4.90 Å². The number of rotatable bonds is 1. The van der Waals surface area contributed by atoms with Gasteiger partial charge in [0.05, 0.1) is 23.1 Å². The van der Waals surface area contributed by atoms with E-state index in [2.05, 4.69) is 0 Å². The topological polar surface area (TPSA) is 57.6 Å². The van der Waals surface area contributed by atoms with Crippen LogP contribution in [0.25, 0.3) is 0 Å². The lowest BCUT2D eigenvalue weighted by Crippen LogP contribution is -2.42. The van der Waals surface area contributed by atoms with Crippen molar-refractivity contribution in [3.63, 3.8) is 0 Å². The first-order chi connectivity index (χ1) is 9.05. The number of benzene rings is 1. The first-order valence-electron chi connectivity index (χ1n) is 6.67. The van der Waals surface area contributed by atoms with Crippen molar-refractivity contribution < 1.29 is 14.7 Å². The number of carbonyl (C=O) groups is 2. The quantitative estimate of drug-likeness (QED) is 0.781. The highest BCUT2D eigenvalue weighted by molar-refractivity contribution is 6.23. The standard InChI is InChI=1S/C15H17NO3/c1-15-9-5-8-11(17)12(15)13(18)16(14(15)19)10-6-3-2-4-7-10/h2-4,6-7,11-12,17H,5,8-9H2,1H3/t11-,12+,15+/m1/s1. The molecule has 0 aromatic heterocycles. The molecule has 19 heavy (non-hydrogen) atoms. The molecule has 2 aliphatic rings. The van der Waals surface area contributed by atoms with E-state index in [4.69, 9.17) is 0 Å². The van der Waals surface area contributed by atoms with Gasteiger partial charge in [-0.1, -0.05) is 18.2 Å². The van der Waals surface area contributed by atoms with Gasteiger partial charge in [0.25, 0.3) is 0 Å². The van der Waals surface area contributed by atoms with Crippen LogP contribution in [0.15, 0.2) is 30.3 Å². The van der Waals surface area contributed by atoms with Crippen molar-refractivity contribution in [1.82, 2.24) is 0 Å². The predicted molar refractivity (Wildman–Crippen MR) is 70.4 cm³/mol. The lowest BCUT2D eigenvalue weighted by atomic mass is 9.68. The van der Waals surface area contributed by atoms with Gasteiger partial charge >= 0.3 is 0 Å². The number of nitrogens with zero attached hydrogens (tertiary/aromatic N) is 1. The van der Waals surface area contributed by atoms with Gasteiger partial charge in [0.2, 0.25) is 11.8 Å². The third kappa shape index (κ3) is 1.63. The predicted octanol–water partition coefficient (Wildman–Crippen LogP) is 1.73. The van der Waals surface area contributed by atoms with Gasteiger partial charge in [0, 0.05) is 0 Å². The Morgan fingerprint density at radius 2 is 1.95 bits per heavy atom. The van der Waals surface area contributed by atoms with Gasteiger partial charge in [-0.15, -0.1) is 0 Å². The number of hydrogen-bond donors (Lipinski definition) is 1. The highest BCUT2D eigenvalue weighted by Gasteiger charge is 2.60. The lowest BCUT2D eigenvalue weighted by Gasteiger charge is -2.34. The van der Waals surface area contributed by atoms with Crippen molar-refractivity contribution in [1.29, 1.82) is 0 Å². The third-order valence-corrected chi connectivity index (χ3v) is 4.46. The minimum absolute atomic E-state index is 0.174. The lowest BCUT2D eigenvalue weighted by molar-refractivity contribution is -0.134. The number of aliphatic hydroxyl groups excluding tert-OH is 1. The summed E-state index contributed by atoms with van der Waals surface area (Å²) in [6.07, 6.45) is 1.35. The Bertz CT molecular complexity index is 527. The normalized spacial score (nSPS) is 34.5. The zero-order chi connectivity index (χ0) is 13.6. The Kier molecular flexibility index (Phi) is 2.71. The molecule has 0 spiro atoms. The van der Waals surface area contributed by atoms with E-state index in [1.165, 1.54) is 4.90 Å². The first-order valence-corrected chi connectivity index (χ1v) is 6.67. The fourth-order valence-corrected chi connectivity index (χ4v) is 3.42. The maximum Gasteiger partial charge on any atom is 0.240 e. The summed E-state index contributed by atoms with van der Waals surface area (Å²) in [7, 11) is 0.